The van der Waals surface area contributed by atoms with E-state index < -0.39 is 0 Å². The summed E-state index contributed by atoms with van der Waals surface area (Å²) in [6.45, 7) is 4.11. The topological polar surface area (TPSA) is 46.9 Å². The summed E-state index contributed by atoms with van der Waals surface area (Å²) >= 11 is 4.92. The minimum Gasteiger partial charge on any atom is -0.340 e. The highest BCUT2D eigenvalue weighted by Gasteiger charge is 2.26. The number of hydrogen-bond donors (Lipinski definition) is 1. The van der Waals surface area contributed by atoms with Crippen LogP contribution in [-0.2, 0) is 0 Å². The molecule has 0 aliphatic heterocycles. The normalized spacial score (nSPS) is 14.8. The van der Waals surface area contributed by atoms with Gasteiger partial charge in [0.05, 0.1) is 5.69 Å². The third-order valence-electron chi connectivity index (χ3n) is 3.34. The minimum absolute atomic E-state index is 0.110. The summed E-state index contributed by atoms with van der Waals surface area (Å²) < 4.78 is 2.86. The second-order valence-corrected chi connectivity index (χ2v) is 7.12. The lowest BCUT2D eigenvalue weighted by Gasteiger charge is -2.11. The van der Waals surface area contributed by atoms with Crippen LogP contribution in [0.25, 0.3) is 0 Å². The standard InChI is InChI=1S/C14H16BrN3OS/c1-8(2)18-6-10(15)5-12(18)13(19)17-14-16-11(7-20-14)9-3-4-9/h5-9H,3-4H2,1-2H3,(H,16,17,19). The molecule has 0 bridgehead atoms. The Labute approximate surface area is 130 Å². The van der Waals surface area contributed by atoms with Crippen LogP contribution in [0.3, 0.4) is 0 Å². The van der Waals surface area contributed by atoms with Gasteiger partial charge in [-0.15, -0.1) is 11.3 Å². The number of anilines is 1. The predicted molar refractivity (Wildman–Crippen MR) is 84.6 cm³/mol. The summed E-state index contributed by atoms with van der Waals surface area (Å²) in [4.78, 5) is 16.8. The highest BCUT2D eigenvalue weighted by atomic mass is 79.9. The monoisotopic (exact) mass is 353 g/mol. The van der Waals surface area contributed by atoms with Crippen molar-refractivity contribution in [3.05, 3.63) is 33.5 Å². The molecule has 1 aliphatic carbocycles. The third-order valence-corrected chi connectivity index (χ3v) is 4.55. The first-order valence-electron chi connectivity index (χ1n) is 6.68. The summed E-state index contributed by atoms with van der Waals surface area (Å²) in [5, 5.41) is 5.63. The van der Waals surface area contributed by atoms with Crippen LogP contribution < -0.4 is 5.32 Å². The Morgan fingerprint density at radius 1 is 1.55 bits per heavy atom. The van der Waals surface area contributed by atoms with E-state index in [0.29, 0.717) is 16.7 Å². The van der Waals surface area contributed by atoms with Gasteiger partial charge in [-0.1, -0.05) is 0 Å². The van der Waals surface area contributed by atoms with Crippen LogP contribution in [0.1, 0.15) is 54.8 Å². The molecule has 0 saturated heterocycles. The van der Waals surface area contributed by atoms with Crippen LogP contribution in [0.2, 0.25) is 0 Å². The molecule has 1 amide bonds. The van der Waals surface area contributed by atoms with Gasteiger partial charge in [-0.2, -0.15) is 0 Å². The molecule has 0 spiro atoms. The van der Waals surface area contributed by atoms with Crippen LogP contribution in [-0.4, -0.2) is 15.5 Å². The maximum Gasteiger partial charge on any atom is 0.274 e. The molecule has 6 heteroatoms. The van der Waals surface area contributed by atoms with Crippen LogP contribution in [0.4, 0.5) is 5.13 Å². The minimum atomic E-state index is -0.110. The zero-order chi connectivity index (χ0) is 14.3. The number of rotatable bonds is 4. The Balaban J connectivity index is 1.78. The molecule has 20 heavy (non-hydrogen) atoms. The van der Waals surface area contributed by atoms with E-state index in [-0.39, 0.29) is 11.9 Å². The van der Waals surface area contributed by atoms with Gasteiger partial charge in [-0.05, 0) is 48.7 Å². The second kappa shape index (κ2) is 5.33. The molecule has 2 aromatic rings. The van der Waals surface area contributed by atoms with E-state index in [1.165, 1.54) is 24.2 Å². The fraction of sp³-hybridized carbons (Fsp3) is 0.429. The molecule has 1 N–H and O–H groups in total. The van der Waals surface area contributed by atoms with Crippen LogP contribution in [0.15, 0.2) is 22.1 Å². The zero-order valence-corrected chi connectivity index (χ0v) is 13.8. The SMILES string of the molecule is CC(C)n1cc(Br)cc1C(=O)Nc1nc(C2CC2)cs1. The number of nitrogens with one attached hydrogen (secondary N) is 1. The maximum atomic E-state index is 12.4. The lowest BCUT2D eigenvalue weighted by Crippen LogP contribution is -2.17. The van der Waals surface area contributed by atoms with Crippen LogP contribution in [0.5, 0.6) is 0 Å². The van der Waals surface area contributed by atoms with Crippen LogP contribution in [0, 0.1) is 0 Å². The number of aromatic nitrogens is 2. The van der Waals surface area contributed by atoms with E-state index in [1.807, 2.05) is 22.2 Å². The maximum absolute atomic E-state index is 12.4. The van der Waals surface area contributed by atoms with E-state index >= 15 is 0 Å². The molecule has 2 heterocycles. The van der Waals surface area contributed by atoms with Gasteiger partial charge in [-0.3, -0.25) is 10.1 Å². The van der Waals surface area contributed by atoms with Crippen molar-refractivity contribution < 1.29 is 4.79 Å². The third kappa shape index (κ3) is 2.81. The van der Waals surface area contributed by atoms with Gasteiger partial charge in [0.2, 0.25) is 0 Å². The molecule has 2 aromatic heterocycles. The zero-order valence-electron chi connectivity index (χ0n) is 11.4. The van der Waals surface area contributed by atoms with Gasteiger partial charge in [-0.25, -0.2) is 4.98 Å². The smallest absolute Gasteiger partial charge is 0.274 e. The summed E-state index contributed by atoms with van der Waals surface area (Å²) in [6.07, 6.45) is 4.37. The van der Waals surface area contributed by atoms with Crippen molar-refractivity contribution in [3.63, 3.8) is 0 Å². The van der Waals surface area contributed by atoms with Crippen molar-refractivity contribution in [3.8, 4) is 0 Å². The average molecular weight is 354 g/mol. The molecule has 3 rings (SSSR count). The summed E-state index contributed by atoms with van der Waals surface area (Å²) in [6, 6.07) is 2.07. The van der Waals surface area contributed by atoms with Gasteiger partial charge in [0, 0.05) is 28.0 Å². The van der Waals surface area contributed by atoms with Gasteiger partial charge >= 0.3 is 0 Å². The predicted octanol–water partition coefficient (Wildman–Crippen LogP) is 4.42. The quantitative estimate of drug-likeness (QED) is 0.884. The lowest BCUT2D eigenvalue weighted by atomic mass is 10.3. The molecular weight excluding hydrogens is 338 g/mol. The first kappa shape index (κ1) is 13.8. The van der Waals surface area contributed by atoms with Crippen molar-refractivity contribution in [2.45, 2.75) is 38.6 Å². The molecule has 0 aromatic carbocycles. The van der Waals surface area contributed by atoms with E-state index in [9.17, 15) is 4.79 Å². The fourth-order valence-corrected chi connectivity index (χ4v) is 3.35. The molecule has 106 valence electrons. The largest absolute Gasteiger partial charge is 0.340 e. The summed E-state index contributed by atoms with van der Waals surface area (Å²) in [7, 11) is 0. The van der Waals surface area contributed by atoms with Crippen molar-refractivity contribution in [1.82, 2.24) is 9.55 Å². The number of thiazole rings is 1. The van der Waals surface area contributed by atoms with Crippen molar-refractivity contribution in [1.29, 1.82) is 0 Å². The molecule has 0 atom stereocenters. The van der Waals surface area contributed by atoms with E-state index in [1.54, 1.807) is 0 Å². The molecule has 1 saturated carbocycles. The highest BCUT2D eigenvalue weighted by Crippen LogP contribution is 2.40. The summed E-state index contributed by atoms with van der Waals surface area (Å²) in [5.41, 5.74) is 1.76. The molecular formula is C14H16BrN3OS. The molecule has 1 fully saturated rings. The Kier molecular flexibility index (Phi) is 3.69. The molecule has 1 aliphatic rings. The Morgan fingerprint density at radius 3 is 2.95 bits per heavy atom. The number of hydrogen-bond acceptors (Lipinski definition) is 3. The van der Waals surface area contributed by atoms with E-state index in [0.717, 1.165) is 10.2 Å². The first-order valence-corrected chi connectivity index (χ1v) is 8.36. The number of carbonyl (C=O) groups is 1. The molecule has 0 unspecified atom stereocenters. The Morgan fingerprint density at radius 2 is 2.30 bits per heavy atom. The fourth-order valence-electron chi connectivity index (χ4n) is 2.13. The second-order valence-electron chi connectivity index (χ2n) is 5.35. The number of nitrogens with zero attached hydrogens (tertiary/aromatic N) is 2. The van der Waals surface area contributed by atoms with Crippen LogP contribution >= 0.6 is 27.3 Å². The molecule has 4 nitrogen and oxygen atoms in total. The number of halogens is 1. The van der Waals surface area contributed by atoms with E-state index in [2.05, 4.69) is 40.1 Å². The highest BCUT2D eigenvalue weighted by molar-refractivity contribution is 9.10. The van der Waals surface area contributed by atoms with Crippen molar-refractivity contribution >= 4 is 38.3 Å². The van der Waals surface area contributed by atoms with Gasteiger partial charge in [0.15, 0.2) is 5.13 Å². The lowest BCUT2D eigenvalue weighted by molar-refractivity contribution is 0.101. The first-order chi connectivity index (χ1) is 9.54. The number of amides is 1. The van der Waals surface area contributed by atoms with Crippen molar-refractivity contribution in [2.75, 3.05) is 5.32 Å². The number of carbonyl (C=O) groups excluding carboxylic acids is 1. The van der Waals surface area contributed by atoms with Gasteiger partial charge in [0.25, 0.3) is 5.91 Å². The molecule has 0 radical (unpaired) electrons. The Bertz CT molecular complexity index is 643. The van der Waals surface area contributed by atoms with E-state index in [4.69, 9.17) is 0 Å². The van der Waals surface area contributed by atoms with Gasteiger partial charge in [0.1, 0.15) is 5.69 Å². The Hall–Kier alpha value is -1.14. The summed E-state index contributed by atoms with van der Waals surface area (Å²) in [5.74, 6) is 0.506. The van der Waals surface area contributed by atoms with Gasteiger partial charge < -0.3 is 4.57 Å². The average Bonchev–Trinajstić information content (AvgIpc) is 3.01. The van der Waals surface area contributed by atoms with Crippen molar-refractivity contribution in [2.24, 2.45) is 0 Å².